The summed E-state index contributed by atoms with van der Waals surface area (Å²) in [6.07, 6.45) is 1.31. The standard InChI is InChI=1S/C5H9N3O/c1-4(2-6)5-8-7-3-9-5/h3-4H,2,6H2,1H3. The third kappa shape index (κ3) is 1.26. The lowest BCUT2D eigenvalue weighted by Gasteiger charge is -1.98. The Morgan fingerprint density at radius 1 is 1.89 bits per heavy atom. The Bertz CT molecular complexity index is 161. The van der Waals surface area contributed by atoms with E-state index in [-0.39, 0.29) is 5.92 Å². The van der Waals surface area contributed by atoms with Gasteiger partial charge < -0.3 is 10.2 Å². The largest absolute Gasteiger partial charge is 0.428 e. The van der Waals surface area contributed by atoms with Crippen molar-refractivity contribution >= 4 is 0 Å². The van der Waals surface area contributed by atoms with Gasteiger partial charge in [-0.05, 0) is 0 Å². The van der Waals surface area contributed by atoms with Crippen LogP contribution in [0.1, 0.15) is 18.7 Å². The van der Waals surface area contributed by atoms with Gasteiger partial charge in [0.05, 0.1) is 0 Å². The lowest BCUT2D eigenvalue weighted by Crippen LogP contribution is -2.08. The van der Waals surface area contributed by atoms with Crippen LogP contribution in [0.25, 0.3) is 0 Å². The molecule has 1 aromatic heterocycles. The van der Waals surface area contributed by atoms with Crippen LogP contribution < -0.4 is 5.73 Å². The van der Waals surface area contributed by atoms with Gasteiger partial charge in [0.15, 0.2) is 0 Å². The first-order valence-electron chi connectivity index (χ1n) is 2.80. The fourth-order valence-electron chi connectivity index (χ4n) is 0.497. The molecule has 1 atom stereocenters. The summed E-state index contributed by atoms with van der Waals surface area (Å²) in [6.45, 7) is 2.48. The summed E-state index contributed by atoms with van der Waals surface area (Å²) in [6, 6.07) is 0. The van der Waals surface area contributed by atoms with E-state index in [1.165, 1.54) is 6.39 Å². The summed E-state index contributed by atoms with van der Waals surface area (Å²) >= 11 is 0. The van der Waals surface area contributed by atoms with Crippen molar-refractivity contribution < 1.29 is 4.42 Å². The van der Waals surface area contributed by atoms with E-state index in [2.05, 4.69) is 10.2 Å². The number of hydrogen-bond acceptors (Lipinski definition) is 4. The van der Waals surface area contributed by atoms with Gasteiger partial charge in [-0.15, -0.1) is 10.2 Å². The van der Waals surface area contributed by atoms with Crippen LogP contribution in [0, 0.1) is 0 Å². The van der Waals surface area contributed by atoms with Gasteiger partial charge in [0.1, 0.15) is 0 Å². The molecule has 0 amide bonds. The number of rotatable bonds is 2. The van der Waals surface area contributed by atoms with Gasteiger partial charge >= 0.3 is 0 Å². The molecule has 4 heteroatoms. The average molecular weight is 127 g/mol. The Morgan fingerprint density at radius 2 is 2.67 bits per heavy atom. The van der Waals surface area contributed by atoms with Gasteiger partial charge in [-0.25, -0.2) is 0 Å². The second-order valence-electron chi connectivity index (χ2n) is 1.91. The molecule has 1 rings (SSSR count). The van der Waals surface area contributed by atoms with Crippen LogP contribution >= 0.6 is 0 Å². The molecule has 0 bridgehead atoms. The van der Waals surface area contributed by atoms with E-state index in [9.17, 15) is 0 Å². The second-order valence-corrected chi connectivity index (χ2v) is 1.91. The zero-order valence-electron chi connectivity index (χ0n) is 5.24. The third-order valence-corrected chi connectivity index (χ3v) is 1.15. The molecule has 2 N–H and O–H groups in total. The maximum Gasteiger partial charge on any atom is 0.220 e. The van der Waals surface area contributed by atoms with E-state index in [0.29, 0.717) is 12.4 Å². The highest BCUT2D eigenvalue weighted by Crippen LogP contribution is 2.07. The summed E-state index contributed by atoms with van der Waals surface area (Å²) in [5.41, 5.74) is 5.34. The molecule has 1 heterocycles. The van der Waals surface area contributed by atoms with Crippen LogP contribution in [0.2, 0.25) is 0 Å². The Labute approximate surface area is 53.1 Å². The summed E-state index contributed by atoms with van der Waals surface area (Å²) in [4.78, 5) is 0. The predicted molar refractivity (Wildman–Crippen MR) is 31.8 cm³/mol. The number of nitrogens with two attached hydrogens (primary N) is 1. The average Bonchev–Trinajstić information content (AvgIpc) is 2.37. The maximum atomic E-state index is 5.34. The molecule has 0 aromatic carbocycles. The first-order chi connectivity index (χ1) is 4.34. The topological polar surface area (TPSA) is 64.9 Å². The van der Waals surface area contributed by atoms with E-state index < -0.39 is 0 Å². The van der Waals surface area contributed by atoms with Crippen molar-refractivity contribution in [2.45, 2.75) is 12.8 Å². The zero-order valence-corrected chi connectivity index (χ0v) is 5.24. The predicted octanol–water partition coefficient (Wildman–Crippen LogP) is 0.132. The molecular weight excluding hydrogens is 118 g/mol. The van der Waals surface area contributed by atoms with Crippen molar-refractivity contribution in [3.8, 4) is 0 Å². The first-order valence-corrected chi connectivity index (χ1v) is 2.80. The van der Waals surface area contributed by atoms with Crippen LogP contribution in [-0.4, -0.2) is 16.7 Å². The van der Waals surface area contributed by atoms with Crippen LogP contribution in [0.5, 0.6) is 0 Å². The van der Waals surface area contributed by atoms with E-state index >= 15 is 0 Å². The monoisotopic (exact) mass is 127 g/mol. The Kier molecular flexibility index (Phi) is 1.79. The van der Waals surface area contributed by atoms with E-state index in [1.807, 2.05) is 6.92 Å². The molecule has 9 heavy (non-hydrogen) atoms. The van der Waals surface area contributed by atoms with Gasteiger partial charge in [0.2, 0.25) is 12.3 Å². The van der Waals surface area contributed by atoms with E-state index in [0.717, 1.165) is 0 Å². The van der Waals surface area contributed by atoms with Crippen molar-refractivity contribution in [1.82, 2.24) is 10.2 Å². The fourth-order valence-corrected chi connectivity index (χ4v) is 0.497. The Hall–Kier alpha value is -0.900. The molecule has 0 fully saturated rings. The van der Waals surface area contributed by atoms with Crippen molar-refractivity contribution in [3.05, 3.63) is 12.3 Å². The highest BCUT2D eigenvalue weighted by atomic mass is 16.4. The van der Waals surface area contributed by atoms with Crippen molar-refractivity contribution in [2.75, 3.05) is 6.54 Å². The summed E-state index contributed by atoms with van der Waals surface area (Å²) in [5.74, 6) is 0.782. The molecule has 0 aliphatic rings. The first kappa shape index (κ1) is 6.22. The van der Waals surface area contributed by atoms with E-state index in [4.69, 9.17) is 10.2 Å². The highest BCUT2D eigenvalue weighted by Gasteiger charge is 2.06. The number of aromatic nitrogens is 2. The minimum atomic E-state index is 0.174. The molecule has 0 saturated carbocycles. The van der Waals surface area contributed by atoms with Gasteiger partial charge in [-0.1, -0.05) is 6.92 Å². The van der Waals surface area contributed by atoms with Gasteiger partial charge in [-0.2, -0.15) is 0 Å². The lowest BCUT2D eigenvalue weighted by molar-refractivity contribution is 0.460. The minimum absolute atomic E-state index is 0.174. The summed E-state index contributed by atoms with van der Waals surface area (Å²) in [5, 5.41) is 7.21. The molecule has 0 aliphatic carbocycles. The highest BCUT2D eigenvalue weighted by molar-refractivity contribution is 4.84. The quantitative estimate of drug-likeness (QED) is 0.613. The summed E-state index contributed by atoms with van der Waals surface area (Å²) < 4.78 is 4.88. The third-order valence-electron chi connectivity index (χ3n) is 1.15. The molecule has 4 nitrogen and oxygen atoms in total. The normalized spacial score (nSPS) is 13.6. The maximum absolute atomic E-state index is 5.34. The van der Waals surface area contributed by atoms with Gasteiger partial charge in [0.25, 0.3) is 0 Å². The van der Waals surface area contributed by atoms with Crippen LogP contribution in [0.3, 0.4) is 0 Å². The molecule has 1 unspecified atom stereocenters. The SMILES string of the molecule is CC(CN)c1nnco1. The second kappa shape index (κ2) is 2.59. The Balaban J connectivity index is 2.65. The fraction of sp³-hybridized carbons (Fsp3) is 0.600. The molecular formula is C5H9N3O. The Morgan fingerprint density at radius 3 is 3.11 bits per heavy atom. The van der Waals surface area contributed by atoms with Gasteiger partial charge in [-0.3, -0.25) is 0 Å². The van der Waals surface area contributed by atoms with Crippen molar-refractivity contribution in [2.24, 2.45) is 5.73 Å². The van der Waals surface area contributed by atoms with Crippen LogP contribution in [-0.2, 0) is 0 Å². The van der Waals surface area contributed by atoms with Crippen molar-refractivity contribution in [3.63, 3.8) is 0 Å². The minimum Gasteiger partial charge on any atom is -0.428 e. The molecule has 0 aliphatic heterocycles. The molecule has 1 aromatic rings. The molecule has 0 saturated heterocycles. The zero-order chi connectivity index (χ0) is 6.69. The smallest absolute Gasteiger partial charge is 0.220 e. The molecule has 0 spiro atoms. The summed E-state index contributed by atoms with van der Waals surface area (Å²) in [7, 11) is 0. The van der Waals surface area contributed by atoms with Crippen LogP contribution in [0.15, 0.2) is 10.8 Å². The van der Waals surface area contributed by atoms with E-state index in [1.54, 1.807) is 0 Å². The lowest BCUT2D eigenvalue weighted by atomic mass is 10.2. The number of nitrogens with zero attached hydrogens (tertiary/aromatic N) is 2. The van der Waals surface area contributed by atoms with Crippen molar-refractivity contribution in [1.29, 1.82) is 0 Å². The van der Waals surface area contributed by atoms with Gasteiger partial charge in [0, 0.05) is 12.5 Å². The van der Waals surface area contributed by atoms with Crippen LogP contribution in [0.4, 0.5) is 0 Å². The molecule has 50 valence electrons. The number of hydrogen-bond donors (Lipinski definition) is 1. The molecule has 0 radical (unpaired) electrons.